The van der Waals surface area contributed by atoms with Crippen LogP contribution in [0.4, 0.5) is 0 Å². The van der Waals surface area contributed by atoms with E-state index in [-0.39, 0.29) is 30.2 Å². The molecule has 0 heterocycles. The van der Waals surface area contributed by atoms with Gasteiger partial charge in [0.25, 0.3) is 0 Å². The fourth-order valence-corrected chi connectivity index (χ4v) is 3.29. The summed E-state index contributed by atoms with van der Waals surface area (Å²) < 4.78 is 25.6. The summed E-state index contributed by atoms with van der Waals surface area (Å²) in [7, 11) is -3.06. The largest absolute Gasteiger partial charge is 0.328 e. The van der Waals surface area contributed by atoms with Crippen molar-refractivity contribution in [1.29, 1.82) is 0 Å². The fourth-order valence-electron chi connectivity index (χ4n) is 1.92. The van der Waals surface area contributed by atoms with Crippen molar-refractivity contribution in [2.75, 3.05) is 5.75 Å². The van der Waals surface area contributed by atoms with Crippen molar-refractivity contribution in [2.24, 2.45) is 5.73 Å². The molecule has 15 heavy (non-hydrogen) atoms. The van der Waals surface area contributed by atoms with Crippen LogP contribution in [0.3, 0.4) is 0 Å². The van der Waals surface area contributed by atoms with Gasteiger partial charge >= 0.3 is 0 Å². The van der Waals surface area contributed by atoms with Crippen LogP contribution in [0.2, 0.25) is 0 Å². The third-order valence-corrected chi connectivity index (χ3v) is 4.17. The van der Waals surface area contributed by atoms with E-state index in [4.69, 9.17) is 5.73 Å². The molecule has 0 aromatic heterocycles. The highest BCUT2D eigenvalue weighted by atomic mass is 35.5. The predicted molar refractivity (Wildman–Crippen MR) is 64.7 cm³/mol. The van der Waals surface area contributed by atoms with Crippen molar-refractivity contribution in [1.82, 2.24) is 4.72 Å². The maximum Gasteiger partial charge on any atom is 0.211 e. The molecule has 4 nitrogen and oxygen atoms in total. The summed E-state index contributed by atoms with van der Waals surface area (Å²) in [4.78, 5) is 0. The highest BCUT2D eigenvalue weighted by Crippen LogP contribution is 2.17. The van der Waals surface area contributed by atoms with Gasteiger partial charge in [-0.1, -0.05) is 13.3 Å². The zero-order chi connectivity index (χ0) is 10.6. The van der Waals surface area contributed by atoms with Crippen molar-refractivity contribution < 1.29 is 8.42 Å². The lowest BCUT2D eigenvalue weighted by molar-refractivity contribution is 0.371. The molecule has 1 saturated carbocycles. The maximum atomic E-state index is 11.5. The lowest BCUT2D eigenvalue weighted by Gasteiger charge is -2.27. The molecule has 0 aliphatic heterocycles. The minimum atomic E-state index is -3.06. The quantitative estimate of drug-likeness (QED) is 0.789. The number of hydrogen-bond donors (Lipinski definition) is 2. The zero-order valence-electron chi connectivity index (χ0n) is 9.11. The Kier molecular flexibility index (Phi) is 6.75. The predicted octanol–water partition coefficient (Wildman–Crippen LogP) is 1.01. The van der Waals surface area contributed by atoms with Crippen LogP contribution in [-0.2, 0) is 10.0 Å². The average molecular weight is 257 g/mol. The summed E-state index contributed by atoms with van der Waals surface area (Å²) in [6, 6.07) is 0.230. The number of nitrogens with one attached hydrogen (secondary N) is 1. The van der Waals surface area contributed by atoms with Gasteiger partial charge in [0.1, 0.15) is 0 Å². The second kappa shape index (κ2) is 6.68. The number of rotatable bonds is 4. The van der Waals surface area contributed by atoms with Gasteiger partial charge in [-0.15, -0.1) is 12.4 Å². The summed E-state index contributed by atoms with van der Waals surface area (Å²) in [5.41, 5.74) is 5.78. The van der Waals surface area contributed by atoms with Crippen LogP contribution >= 0.6 is 12.4 Å². The van der Waals surface area contributed by atoms with Gasteiger partial charge in [-0.2, -0.15) is 0 Å². The van der Waals surface area contributed by atoms with Crippen LogP contribution in [0.1, 0.15) is 39.0 Å². The summed E-state index contributed by atoms with van der Waals surface area (Å²) in [6.07, 6.45) is 4.42. The normalized spacial score (nSPS) is 27.1. The Morgan fingerprint density at radius 1 is 1.40 bits per heavy atom. The van der Waals surface area contributed by atoms with Gasteiger partial charge in [0.15, 0.2) is 0 Å². The van der Waals surface area contributed by atoms with E-state index in [9.17, 15) is 8.42 Å². The topological polar surface area (TPSA) is 72.2 Å². The van der Waals surface area contributed by atoms with Crippen molar-refractivity contribution >= 4 is 22.4 Å². The van der Waals surface area contributed by atoms with Gasteiger partial charge in [-0.05, 0) is 25.7 Å². The van der Waals surface area contributed by atoms with Crippen molar-refractivity contribution in [3.8, 4) is 0 Å². The smallest absolute Gasteiger partial charge is 0.211 e. The number of halogens is 1. The molecule has 0 aromatic rings. The van der Waals surface area contributed by atoms with Crippen LogP contribution in [0.15, 0.2) is 0 Å². The second-order valence-corrected chi connectivity index (χ2v) is 5.93. The Morgan fingerprint density at radius 3 is 2.60 bits per heavy atom. The minimum absolute atomic E-state index is 0. The van der Waals surface area contributed by atoms with Crippen LogP contribution in [-0.4, -0.2) is 26.3 Å². The van der Waals surface area contributed by atoms with E-state index in [1.807, 2.05) is 6.92 Å². The van der Waals surface area contributed by atoms with Gasteiger partial charge in [0.2, 0.25) is 10.0 Å². The molecule has 0 saturated heterocycles. The van der Waals surface area contributed by atoms with Crippen molar-refractivity contribution in [3.63, 3.8) is 0 Å². The first-order valence-corrected chi connectivity index (χ1v) is 6.94. The van der Waals surface area contributed by atoms with E-state index in [1.54, 1.807) is 0 Å². The Bertz CT molecular complexity index is 269. The minimum Gasteiger partial charge on any atom is -0.328 e. The molecule has 0 radical (unpaired) electrons. The number of hydrogen-bond acceptors (Lipinski definition) is 3. The van der Waals surface area contributed by atoms with E-state index >= 15 is 0 Å². The van der Waals surface area contributed by atoms with Gasteiger partial charge in [0.05, 0.1) is 5.75 Å². The zero-order valence-corrected chi connectivity index (χ0v) is 10.7. The molecular formula is C9H21ClN2O2S. The lowest BCUT2D eigenvalue weighted by Crippen LogP contribution is -2.42. The molecular weight excluding hydrogens is 236 g/mol. The second-order valence-electron chi connectivity index (χ2n) is 4.06. The van der Waals surface area contributed by atoms with E-state index in [2.05, 4.69) is 4.72 Å². The highest BCUT2D eigenvalue weighted by molar-refractivity contribution is 7.89. The fraction of sp³-hybridized carbons (Fsp3) is 1.00. The maximum absolute atomic E-state index is 11.5. The molecule has 3 N–H and O–H groups in total. The van der Waals surface area contributed by atoms with E-state index in [1.165, 1.54) is 0 Å². The Morgan fingerprint density at radius 2 is 2.07 bits per heavy atom. The molecule has 1 fully saturated rings. The SMILES string of the molecule is CCCS(=O)(=O)NC1CCCC(N)C1.Cl. The number of sulfonamides is 1. The summed E-state index contributed by atoms with van der Waals surface area (Å²) >= 11 is 0. The third kappa shape index (κ3) is 5.70. The first-order valence-electron chi connectivity index (χ1n) is 5.29. The van der Waals surface area contributed by atoms with Crippen LogP contribution in [0.5, 0.6) is 0 Å². The van der Waals surface area contributed by atoms with Crippen LogP contribution in [0.25, 0.3) is 0 Å². The Hall–Kier alpha value is 0.160. The standard InChI is InChI=1S/C9H20N2O2S.ClH/c1-2-6-14(12,13)11-9-5-3-4-8(10)7-9;/h8-9,11H,2-7,10H2,1H3;1H. The Balaban J connectivity index is 0.00000196. The van der Waals surface area contributed by atoms with Gasteiger partial charge in [-0.3, -0.25) is 0 Å². The van der Waals surface area contributed by atoms with Crippen molar-refractivity contribution in [2.45, 2.75) is 51.1 Å². The summed E-state index contributed by atoms with van der Waals surface area (Å²) in [6.45, 7) is 1.87. The number of nitrogens with two attached hydrogens (primary N) is 1. The first kappa shape index (κ1) is 15.2. The lowest BCUT2D eigenvalue weighted by atomic mass is 9.92. The first-order chi connectivity index (χ1) is 6.53. The van der Waals surface area contributed by atoms with Gasteiger partial charge in [0, 0.05) is 12.1 Å². The van der Waals surface area contributed by atoms with Crippen LogP contribution < -0.4 is 10.5 Å². The summed E-state index contributed by atoms with van der Waals surface area (Å²) in [5.74, 6) is 0.221. The van der Waals surface area contributed by atoms with Crippen molar-refractivity contribution in [3.05, 3.63) is 0 Å². The molecule has 0 amide bonds. The molecule has 0 spiro atoms. The summed E-state index contributed by atoms with van der Waals surface area (Å²) in [5, 5.41) is 0. The molecule has 6 heteroatoms. The highest BCUT2D eigenvalue weighted by Gasteiger charge is 2.22. The molecule has 0 aromatic carbocycles. The van der Waals surface area contributed by atoms with E-state index in [0.29, 0.717) is 6.42 Å². The van der Waals surface area contributed by atoms with E-state index in [0.717, 1.165) is 25.7 Å². The average Bonchev–Trinajstić information content (AvgIpc) is 2.02. The monoisotopic (exact) mass is 256 g/mol. The van der Waals surface area contributed by atoms with Gasteiger partial charge in [-0.25, -0.2) is 13.1 Å². The molecule has 2 atom stereocenters. The van der Waals surface area contributed by atoms with Crippen LogP contribution in [0, 0.1) is 0 Å². The Labute approximate surface area is 98.5 Å². The molecule has 1 aliphatic rings. The molecule has 1 rings (SSSR count). The molecule has 92 valence electrons. The van der Waals surface area contributed by atoms with E-state index < -0.39 is 10.0 Å². The third-order valence-electron chi connectivity index (χ3n) is 2.53. The molecule has 2 unspecified atom stereocenters. The molecule has 0 bridgehead atoms. The van der Waals surface area contributed by atoms with Gasteiger partial charge < -0.3 is 5.73 Å². The molecule has 1 aliphatic carbocycles.